The molecule has 15 heavy (non-hydrogen) atoms. The quantitative estimate of drug-likeness (QED) is 0.642. The Bertz CT molecular complexity index is 227. The topological polar surface area (TPSA) is 75.6 Å². The monoisotopic (exact) mass is 217 g/mol. The minimum atomic E-state index is -0.699. The predicted octanol–water partition coefficient (Wildman–Crippen LogP) is -0.277. The first kappa shape index (κ1) is 14.1. The molecule has 0 aromatic carbocycles. The van der Waals surface area contributed by atoms with Gasteiger partial charge in [0.2, 0.25) is 5.91 Å². The highest BCUT2D eigenvalue weighted by atomic mass is 16.5. The van der Waals surface area contributed by atoms with Crippen LogP contribution in [0.4, 0.5) is 0 Å². The predicted molar refractivity (Wildman–Crippen MR) is 55.3 cm³/mol. The van der Waals surface area contributed by atoms with Gasteiger partial charge in [0.15, 0.2) is 5.78 Å². The average molecular weight is 217 g/mol. The Morgan fingerprint density at radius 2 is 1.87 bits per heavy atom. The van der Waals surface area contributed by atoms with Crippen LogP contribution in [0.25, 0.3) is 0 Å². The average Bonchev–Trinajstić information content (AvgIpc) is 2.23. The maximum Gasteiger partial charge on any atom is 0.246 e. The molecular weight excluding hydrogens is 198 g/mol. The van der Waals surface area contributed by atoms with Crippen molar-refractivity contribution in [2.45, 2.75) is 32.9 Å². The molecule has 0 heterocycles. The summed E-state index contributed by atoms with van der Waals surface area (Å²) in [4.78, 5) is 22.7. The number of aliphatic hydroxyl groups excluding tert-OH is 1. The lowest BCUT2D eigenvalue weighted by atomic mass is 9.98. The van der Waals surface area contributed by atoms with Gasteiger partial charge in [-0.1, -0.05) is 13.8 Å². The number of rotatable bonds is 6. The summed E-state index contributed by atoms with van der Waals surface area (Å²) in [5, 5.41) is 11.0. The molecule has 1 amide bonds. The van der Waals surface area contributed by atoms with Gasteiger partial charge in [0.25, 0.3) is 0 Å². The van der Waals surface area contributed by atoms with E-state index in [1.54, 1.807) is 20.8 Å². The fourth-order valence-electron chi connectivity index (χ4n) is 1.13. The Kier molecular flexibility index (Phi) is 6.12. The van der Waals surface area contributed by atoms with Gasteiger partial charge in [0.05, 0.1) is 6.10 Å². The Morgan fingerprint density at radius 3 is 2.20 bits per heavy atom. The molecule has 0 aromatic rings. The van der Waals surface area contributed by atoms with Crippen molar-refractivity contribution in [1.29, 1.82) is 0 Å². The Labute approximate surface area is 89.8 Å². The lowest BCUT2D eigenvalue weighted by molar-refractivity contribution is -0.133. The minimum Gasteiger partial charge on any atom is -0.387 e. The molecule has 2 unspecified atom stereocenters. The molecule has 0 spiro atoms. The molecule has 5 nitrogen and oxygen atoms in total. The lowest BCUT2D eigenvalue weighted by Crippen LogP contribution is -2.50. The molecule has 0 bridgehead atoms. The van der Waals surface area contributed by atoms with E-state index in [-0.39, 0.29) is 11.7 Å². The zero-order chi connectivity index (χ0) is 12.0. The number of hydrogen-bond acceptors (Lipinski definition) is 4. The molecule has 2 N–H and O–H groups in total. The van der Waals surface area contributed by atoms with E-state index in [2.05, 4.69) is 5.32 Å². The number of ketones is 1. The molecule has 0 saturated heterocycles. The van der Waals surface area contributed by atoms with Crippen LogP contribution in [0.15, 0.2) is 0 Å². The number of methoxy groups -OCH3 is 1. The number of nitrogens with one attached hydrogen (secondary N) is 1. The first-order chi connectivity index (χ1) is 6.93. The first-order valence-corrected chi connectivity index (χ1v) is 4.90. The fraction of sp³-hybridized carbons (Fsp3) is 0.800. The van der Waals surface area contributed by atoms with Gasteiger partial charge in [-0.25, -0.2) is 0 Å². The van der Waals surface area contributed by atoms with Gasteiger partial charge < -0.3 is 15.2 Å². The third-order valence-corrected chi connectivity index (χ3v) is 2.18. The van der Waals surface area contributed by atoms with Gasteiger partial charge in [0, 0.05) is 13.0 Å². The maximum absolute atomic E-state index is 11.7. The van der Waals surface area contributed by atoms with Crippen molar-refractivity contribution in [2.24, 2.45) is 5.92 Å². The summed E-state index contributed by atoms with van der Waals surface area (Å²) in [5.41, 5.74) is 0. The van der Waals surface area contributed by atoms with Crippen LogP contribution >= 0.6 is 0 Å². The molecule has 0 aliphatic rings. The maximum atomic E-state index is 11.7. The van der Waals surface area contributed by atoms with Gasteiger partial charge in [-0.2, -0.15) is 0 Å². The summed E-state index contributed by atoms with van der Waals surface area (Å²) in [6.45, 7) is 4.58. The third-order valence-electron chi connectivity index (χ3n) is 2.18. The van der Waals surface area contributed by atoms with Gasteiger partial charge in [-0.15, -0.1) is 0 Å². The van der Waals surface area contributed by atoms with Crippen molar-refractivity contribution in [3.63, 3.8) is 0 Å². The van der Waals surface area contributed by atoms with Crippen molar-refractivity contribution in [3.05, 3.63) is 0 Å². The second-order valence-corrected chi connectivity index (χ2v) is 3.70. The number of Topliss-reactive ketones (excluding diaryl/α,β-unsaturated/α-hetero) is 1. The van der Waals surface area contributed by atoms with Crippen molar-refractivity contribution < 1.29 is 19.4 Å². The number of amides is 1. The summed E-state index contributed by atoms with van der Waals surface area (Å²) in [6, 6.07) is -0.699. The number of hydrogen-bond donors (Lipinski definition) is 2. The van der Waals surface area contributed by atoms with Crippen LogP contribution in [0.5, 0.6) is 0 Å². The molecule has 0 aromatic heterocycles. The van der Waals surface area contributed by atoms with Gasteiger partial charge in [-0.3, -0.25) is 9.59 Å². The van der Waals surface area contributed by atoms with Crippen LogP contribution in [0, 0.1) is 5.92 Å². The summed E-state index contributed by atoms with van der Waals surface area (Å²) in [5.74, 6) is -0.865. The molecule has 0 fully saturated rings. The van der Waals surface area contributed by atoms with Crippen molar-refractivity contribution in [3.8, 4) is 0 Å². The normalized spacial score (nSPS) is 14.8. The zero-order valence-electron chi connectivity index (χ0n) is 9.61. The molecule has 0 radical (unpaired) electrons. The molecule has 0 saturated carbocycles. The SMILES string of the molecule is COC(C)C(NC(=O)CO)C(=O)C(C)C. The molecule has 88 valence electrons. The molecular formula is C10H19NO4. The van der Waals surface area contributed by atoms with Crippen LogP contribution < -0.4 is 5.32 Å². The van der Waals surface area contributed by atoms with E-state index in [9.17, 15) is 9.59 Å². The standard InChI is InChI=1S/C10H19NO4/c1-6(2)10(14)9(7(3)15-4)11-8(13)5-12/h6-7,9,12H,5H2,1-4H3,(H,11,13). The van der Waals surface area contributed by atoms with E-state index >= 15 is 0 Å². The second-order valence-electron chi connectivity index (χ2n) is 3.70. The molecule has 2 atom stereocenters. The van der Waals surface area contributed by atoms with E-state index in [1.165, 1.54) is 7.11 Å². The Morgan fingerprint density at radius 1 is 1.33 bits per heavy atom. The van der Waals surface area contributed by atoms with E-state index in [0.29, 0.717) is 0 Å². The van der Waals surface area contributed by atoms with Crippen molar-refractivity contribution in [2.75, 3.05) is 13.7 Å². The summed E-state index contributed by atoms with van der Waals surface area (Å²) in [6.07, 6.45) is -0.407. The van der Waals surface area contributed by atoms with E-state index in [4.69, 9.17) is 9.84 Å². The van der Waals surface area contributed by atoms with Gasteiger partial charge >= 0.3 is 0 Å². The van der Waals surface area contributed by atoms with Crippen molar-refractivity contribution in [1.82, 2.24) is 5.32 Å². The minimum absolute atomic E-state index is 0.105. The second kappa shape index (κ2) is 6.53. The molecule has 5 heteroatoms. The molecule has 0 rings (SSSR count). The van der Waals surface area contributed by atoms with Gasteiger partial charge in [0.1, 0.15) is 12.6 Å². The van der Waals surface area contributed by atoms with Gasteiger partial charge in [-0.05, 0) is 6.92 Å². The highest BCUT2D eigenvalue weighted by Crippen LogP contribution is 2.06. The Hall–Kier alpha value is -0.940. The first-order valence-electron chi connectivity index (χ1n) is 4.90. The van der Waals surface area contributed by atoms with Crippen LogP contribution in [0.2, 0.25) is 0 Å². The number of carbonyl (C=O) groups excluding carboxylic acids is 2. The summed E-state index contributed by atoms with van der Waals surface area (Å²) in [7, 11) is 1.47. The smallest absolute Gasteiger partial charge is 0.246 e. The third kappa shape index (κ3) is 4.40. The van der Waals surface area contributed by atoms with Crippen LogP contribution in [0.1, 0.15) is 20.8 Å². The van der Waals surface area contributed by atoms with E-state index < -0.39 is 24.7 Å². The molecule has 0 aliphatic heterocycles. The number of aliphatic hydroxyl groups is 1. The number of ether oxygens (including phenoxy) is 1. The van der Waals surface area contributed by atoms with E-state index in [0.717, 1.165) is 0 Å². The van der Waals surface area contributed by atoms with Crippen LogP contribution in [-0.2, 0) is 14.3 Å². The van der Waals surface area contributed by atoms with E-state index in [1.807, 2.05) is 0 Å². The fourth-order valence-corrected chi connectivity index (χ4v) is 1.13. The molecule has 0 aliphatic carbocycles. The summed E-state index contributed by atoms with van der Waals surface area (Å²) < 4.78 is 5.01. The van der Waals surface area contributed by atoms with Crippen LogP contribution in [-0.4, -0.2) is 42.7 Å². The largest absolute Gasteiger partial charge is 0.387 e. The highest BCUT2D eigenvalue weighted by Gasteiger charge is 2.28. The zero-order valence-corrected chi connectivity index (χ0v) is 9.61. The Balaban J connectivity index is 4.58. The van der Waals surface area contributed by atoms with Crippen molar-refractivity contribution >= 4 is 11.7 Å². The highest BCUT2D eigenvalue weighted by molar-refractivity contribution is 5.90. The van der Waals surface area contributed by atoms with Crippen LogP contribution in [0.3, 0.4) is 0 Å². The number of carbonyl (C=O) groups is 2. The lowest BCUT2D eigenvalue weighted by Gasteiger charge is -2.24. The summed E-state index contributed by atoms with van der Waals surface area (Å²) >= 11 is 0.